The molecule has 0 amide bonds. The molecule has 2 heteroatoms. The zero-order valence-electron chi connectivity index (χ0n) is 1.00. The summed E-state index contributed by atoms with van der Waals surface area (Å²) in [7, 11) is 0. The fourth-order valence-electron chi connectivity index (χ4n) is 0. The molecule has 0 spiro atoms. The minimum absolute atomic E-state index is 0. The van der Waals surface area contributed by atoms with Crippen LogP contribution in [-0.2, 0) is 0 Å². The van der Waals surface area contributed by atoms with Crippen LogP contribution in [0.2, 0.25) is 0 Å². The van der Waals surface area contributed by atoms with Gasteiger partial charge in [-0.25, -0.2) is 0 Å². The normalized spacial score (nSPS) is 0. The van der Waals surface area contributed by atoms with Crippen molar-refractivity contribution >= 4 is 0 Å². The first kappa shape index (κ1) is 59.8. The van der Waals surface area contributed by atoms with Crippen LogP contribution in [0.5, 0.6) is 0 Å². The minimum Gasteiger partial charge on any atom is -0.0776 e. The molecule has 0 N–H and O–H groups in total. The third-order valence-electron chi connectivity index (χ3n) is 0. The van der Waals surface area contributed by atoms with Gasteiger partial charge in [0.2, 0.25) is 0 Å². The molecule has 0 aromatic heterocycles. The molecule has 0 aliphatic rings. The van der Waals surface area contributed by atoms with Crippen molar-refractivity contribution in [2.24, 2.45) is 0 Å². The van der Waals surface area contributed by atoms with Crippen molar-refractivity contribution in [3.63, 3.8) is 0 Å². The van der Waals surface area contributed by atoms with E-state index in [9.17, 15) is 0 Å². The number of hydrogen-bond donors (Lipinski definition) is 0. The van der Waals surface area contributed by atoms with Crippen LogP contribution in [0, 0.1) is 62.2 Å². The summed E-state index contributed by atoms with van der Waals surface area (Å²) in [6, 6.07) is 0. The Bertz CT molecular complexity index is 4.85. The third kappa shape index (κ3) is 23.2. The van der Waals surface area contributed by atoms with Gasteiger partial charge in [0, 0.05) is 62.2 Å². The van der Waals surface area contributed by atoms with Crippen LogP contribution in [0.3, 0.4) is 0 Å². The van der Waals surface area contributed by atoms with E-state index in [1.807, 2.05) is 0 Å². The van der Waals surface area contributed by atoms with Gasteiger partial charge in [-0.15, -0.1) is 0 Å². The molecule has 0 saturated carbocycles. The summed E-state index contributed by atoms with van der Waals surface area (Å²) in [5.41, 5.74) is 0. The fraction of sp³-hybridized carbons (Fsp3) is 1.00. The van der Waals surface area contributed by atoms with Crippen molar-refractivity contribution in [2.75, 3.05) is 0 Å². The van der Waals surface area contributed by atoms with Gasteiger partial charge in [-0.3, -0.25) is 0 Å². The van der Waals surface area contributed by atoms with E-state index in [-0.39, 0.29) is 84.5 Å². The molecule has 0 aliphatic heterocycles. The van der Waals surface area contributed by atoms with Crippen molar-refractivity contribution in [1.29, 1.82) is 0 Å². The molecule has 0 aromatic rings. The molecule has 0 fully saturated rings. The molecule has 32 valence electrons. The SMILES string of the molecule is C.C.C.[U].[U]. The van der Waals surface area contributed by atoms with E-state index in [2.05, 4.69) is 0 Å². The van der Waals surface area contributed by atoms with Crippen molar-refractivity contribution < 1.29 is 62.2 Å². The molecule has 0 radical (unpaired) electrons. The van der Waals surface area contributed by atoms with E-state index in [1.54, 1.807) is 0 Å². The molecular weight excluding hydrogens is 512 g/mol. The van der Waals surface area contributed by atoms with E-state index >= 15 is 0 Å². The average Bonchev–Trinajstić information content (AvgIpc) is 0. The molecule has 5 heavy (non-hydrogen) atoms. The van der Waals surface area contributed by atoms with Crippen molar-refractivity contribution in [1.82, 2.24) is 0 Å². The van der Waals surface area contributed by atoms with E-state index < -0.39 is 0 Å². The van der Waals surface area contributed by atoms with Gasteiger partial charge < -0.3 is 0 Å². The van der Waals surface area contributed by atoms with E-state index in [0.717, 1.165) is 0 Å². The average molecular weight is 524 g/mol. The second kappa shape index (κ2) is 35.9. The summed E-state index contributed by atoms with van der Waals surface area (Å²) in [6.07, 6.45) is 0. The van der Waals surface area contributed by atoms with Gasteiger partial charge >= 0.3 is 0 Å². The standard InChI is InChI=1S/3CH4.2U/h3*1H4;;. The van der Waals surface area contributed by atoms with Crippen LogP contribution >= 0.6 is 0 Å². The molecule has 0 nitrogen and oxygen atoms in total. The first-order chi connectivity index (χ1) is 0. The summed E-state index contributed by atoms with van der Waals surface area (Å²) in [5.74, 6) is 0. The van der Waals surface area contributed by atoms with Crippen LogP contribution in [0.4, 0.5) is 0 Å². The maximum absolute atomic E-state index is 0. The maximum Gasteiger partial charge on any atom is 0 e. The first-order valence-corrected chi connectivity index (χ1v) is 0. The van der Waals surface area contributed by atoms with Crippen LogP contribution in [0.15, 0.2) is 0 Å². The van der Waals surface area contributed by atoms with Crippen LogP contribution in [0.25, 0.3) is 0 Å². The van der Waals surface area contributed by atoms with Gasteiger partial charge in [-0.05, 0) is 0 Å². The Hall–Kier alpha value is 2.10. The Morgan fingerprint density at radius 1 is 0.400 bits per heavy atom. The topological polar surface area (TPSA) is 0 Å². The number of hydrogen-bond acceptors (Lipinski definition) is 0. The maximum atomic E-state index is 0. The van der Waals surface area contributed by atoms with Crippen molar-refractivity contribution in [3.8, 4) is 0 Å². The quantitative estimate of drug-likeness (QED) is 0.455. The molecule has 0 atom stereocenters. The van der Waals surface area contributed by atoms with Gasteiger partial charge in [0.1, 0.15) is 0 Å². The van der Waals surface area contributed by atoms with Crippen molar-refractivity contribution in [3.05, 3.63) is 0 Å². The Kier molecular flexibility index (Phi) is 430. The molecule has 0 aromatic carbocycles. The van der Waals surface area contributed by atoms with Gasteiger partial charge in [-0.1, -0.05) is 22.3 Å². The van der Waals surface area contributed by atoms with Crippen molar-refractivity contribution in [2.45, 2.75) is 22.3 Å². The smallest absolute Gasteiger partial charge is 0 e. The van der Waals surface area contributed by atoms with E-state index in [1.165, 1.54) is 0 Å². The summed E-state index contributed by atoms with van der Waals surface area (Å²) in [4.78, 5) is 0. The molecule has 0 heterocycles. The second-order valence-electron chi connectivity index (χ2n) is 0. The summed E-state index contributed by atoms with van der Waals surface area (Å²) >= 11 is 0. The molecule has 0 rings (SSSR count). The monoisotopic (exact) mass is 524 g/mol. The van der Waals surface area contributed by atoms with Gasteiger partial charge in [0.05, 0.1) is 0 Å². The van der Waals surface area contributed by atoms with Gasteiger partial charge in [0.15, 0.2) is 0 Å². The molecule has 0 unspecified atom stereocenters. The second-order valence-corrected chi connectivity index (χ2v) is 0. The molecule has 0 saturated heterocycles. The van der Waals surface area contributed by atoms with Gasteiger partial charge in [-0.2, -0.15) is 0 Å². The Labute approximate surface area is 83.2 Å². The summed E-state index contributed by atoms with van der Waals surface area (Å²) in [6.45, 7) is 0. The minimum atomic E-state index is 0. The van der Waals surface area contributed by atoms with Crippen LogP contribution in [0.1, 0.15) is 22.3 Å². The van der Waals surface area contributed by atoms with E-state index in [0.29, 0.717) is 0 Å². The Morgan fingerprint density at radius 2 is 0.400 bits per heavy atom. The van der Waals surface area contributed by atoms with E-state index in [4.69, 9.17) is 0 Å². The fourth-order valence-corrected chi connectivity index (χ4v) is 0. The van der Waals surface area contributed by atoms with Gasteiger partial charge in [0.25, 0.3) is 0 Å². The Balaban J connectivity index is 0. The molecular formula is C3H12U2. The largest absolute Gasteiger partial charge is 0.0776 e. The first-order valence-electron chi connectivity index (χ1n) is 0. The summed E-state index contributed by atoms with van der Waals surface area (Å²) in [5, 5.41) is 0. The summed E-state index contributed by atoms with van der Waals surface area (Å²) < 4.78 is 0. The Morgan fingerprint density at radius 3 is 0.400 bits per heavy atom. The number of rotatable bonds is 0. The third-order valence-corrected chi connectivity index (χ3v) is 0. The van der Waals surface area contributed by atoms with Crippen LogP contribution in [-0.4, -0.2) is 0 Å². The zero-order chi connectivity index (χ0) is 0. The molecule has 0 bridgehead atoms. The predicted octanol–water partition coefficient (Wildman–Crippen LogP) is 1.91. The zero-order valence-corrected chi connectivity index (χ0v) is 9.33. The molecule has 0 aliphatic carbocycles. The van der Waals surface area contributed by atoms with Crippen LogP contribution < -0.4 is 0 Å². The predicted molar refractivity (Wildman–Crippen MR) is 20.2 cm³/mol.